The van der Waals surface area contributed by atoms with Crippen LogP contribution in [-0.2, 0) is 0 Å². The highest BCUT2D eigenvalue weighted by molar-refractivity contribution is 5.27. The zero-order valence-corrected chi connectivity index (χ0v) is 7.66. The van der Waals surface area contributed by atoms with Crippen LogP contribution >= 0.6 is 0 Å². The summed E-state index contributed by atoms with van der Waals surface area (Å²) in [6.45, 7) is 1.99. The standard InChI is InChI=1S/C10H14FNO/c1-8-3-2-4-10(5-8)13-7-9(11)6-12/h2-5,9H,6-7,12H2,1H3/t9-/m1/s1. The zero-order valence-electron chi connectivity index (χ0n) is 7.66. The van der Waals surface area contributed by atoms with Gasteiger partial charge in [0.05, 0.1) is 0 Å². The minimum absolute atomic E-state index is 0.00577. The van der Waals surface area contributed by atoms with Crippen LogP contribution in [0, 0.1) is 6.92 Å². The van der Waals surface area contributed by atoms with Crippen LogP contribution in [0.15, 0.2) is 24.3 Å². The lowest BCUT2D eigenvalue weighted by molar-refractivity contribution is 0.201. The summed E-state index contributed by atoms with van der Waals surface area (Å²) in [4.78, 5) is 0. The summed E-state index contributed by atoms with van der Waals surface area (Å²) in [5.41, 5.74) is 6.21. The monoisotopic (exact) mass is 183 g/mol. The van der Waals surface area contributed by atoms with Crippen LogP contribution in [0.2, 0.25) is 0 Å². The van der Waals surface area contributed by atoms with Crippen molar-refractivity contribution in [3.63, 3.8) is 0 Å². The normalized spacial score (nSPS) is 12.5. The van der Waals surface area contributed by atoms with E-state index in [2.05, 4.69) is 0 Å². The molecule has 0 heterocycles. The van der Waals surface area contributed by atoms with Crippen molar-refractivity contribution in [1.29, 1.82) is 0 Å². The summed E-state index contributed by atoms with van der Waals surface area (Å²) in [7, 11) is 0. The predicted molar refractivity (Wildman–Crippen MR) is 50.6 cm³/mol. The first kappa shape index (κ1) is 9.99. The molecule has 1 rings (SSSR count). The molecule has 0 amide bonds. The number of ether oxygens (including phenoxy) is 1. The summed E-state index contributed by atoms with van der Waals surface area (Å²) < 4.78 is 17.9. The molecule has 0 aromatic heterocycles. The predicted octanol–water partition coefficient (Wildman–Crippen LogP) is 1.67. The number of alkyl halides is 1. The van der Waals surface area contributed by atoms with Crippen LogP contribution in [0.4, 0.5) is 4.39 Å². The molecule has 72 valence electrons. The number of rotatable bonds is 4. The molecule has 1 atom stereocenters. The Morgan fingerprint density at radius 2 is 2.31 bits per heavy atom. The molecular weight excluding hydrogens is 169 g/mol. The van der Waals surface area contributed by atoms with E-state index < -0.39 is 6.17 Å². The Balaban J connectivity index is 2.45. The molecule has 1 aromatic carbocycles. The molecule has 0 aliphatic heterocycles. The Labute approximate surface area is 77.5 Å². The van der Waals surface area contributed by atoms with E-state index in [9.17, 15) is 4.39 Å². The van der Waals surface area contributed by atoms with Crippen LogP contribution in [0.1, 0.15) is 5.56 Å². The zero-order chi connectivity index (χ0) is 9.68. The number of hydrogen-bond acceptors (Lipinski definition) is 2. The third-order valence-electron chi connectivity index (χ3n) is 1.68. The molecule has 3 heteroatoms. The van der Waals surface area contributed by atoms with Gasteiger partial charge >= 0.3 is 0 Å². The van der Waals surface area contributed by atoms with Crippen molar-refractivity contribution in [3.05, 3.63) is 29.8 Å². The van der Waals surface area contributed by atoms with Crippen molar-refractivity contribution in [2.75, 3.05) is 13.2 Å². The van der Waals surface area contributed by atoms with Gasteiger partial charge in [-0.25, -0.2) is 4.39 Å². The van der Waals surface area contributed by atoms with Crippen LogP contribution in [-0.4, -0.2) is 19.3 Å². The fourth-order valence-corrected chi connectivity index (χ4v) is 0.960. The van der Waals surface area contributed by atoms with E-state index in [1.807, 2.05) is 25.1 Å². The van der Waals surface area contributed by atoms with Crippen LogP contribution < -0.4 is 10.5 Å². The Morgan fingerprint density at radius 3 is 2.92 bits per heavy atom. The molecular formula is C10H14FNO. The molecule has 0 unspecified atom stereocenters. The Morgan fingerprint density at radius 1 is 1.54 bits per heavy atom. The van der Waals surface area contributed by atoms with Crippen LogP contribution in [0.3, 0.4) is 0 Å². The molecule has 0 fully saturated rings. The number of aryl methyl sites for hydroxylation is 1. The van der Waals surface area contributed by atoms with Crippen molar-refractivity contribution in [2.45, 2.75) is 13.1 Å². The molecule has 0 aliphatic rings. The van der Waals surface area contributed by atoms with Crippen LogP contribution in [0.5, 0.6) is 5.75 Å². The van der Waals surface area contributed by atoms with E-state index in [-0.39, 0.29) is 13.2 Å². The van der Waals surface area contributed by atoms with E-state index in [1.165, 1.54) is 0 Å². The maximum Gasteiger partial charge on any atom is 0.146 e. The lowest BCUT2D eigenvalue weighted by atomic mass is 10.2. The minimum atomic E-state index is -1.08. The molecule has 0 saturated heterocycles. The third kappa shape index (κ3) is 3.42. The average Bonchev–Trinajstić information content (AvgIpc) is 2.14. The molecule has 0 radical (unpaired) electrons. The Bertz CT molecular complexity index is 265. The van der Waals surface area contributed by atoms with E-state index in [4.69, 9.17) is 10.5 Å². The largest absolute Gasteiger partial charge is 0.491 e. The average molecular weight is 183 g/mol. The van der Waals surface area contributed by atoms with Crippen molar-refractivity contribution >= 4 is 0 Å². The summed E-state index contributed by atoms with van der Waals surface area (Å²) >= 11 is 0. The molecule has 0 spiro atoms. The van der Waals surface area contributed by atoms with Gasteiger partial charge in [0.1, 0.15) is 18.5 Å². The van der Waals surface area contributed by atoms with Crippen molar-refractivity contribution < 1.29 is 9.13 Å². The first-order chi connectivity index (χ1) is 6.22. The fourth-order valence-electron chi connectivity index (χ4n) is 0.960. The van der Waals surface area contributed by atoms with Gasteiger partial charge in [0.15, 0.2) is 0 Å². The summed E-state index contributed by atoms with van der Waals surface area (Å²) in [6, 6.07) is 7.50. The number of halogens is 1. The van der Waals surface area contributed by atoms with Gasteiger partial charge in [-0.1, -0.05) is 12.1 Å². The quantitative estimate of drug-likeness (QED) is 0.770. The highest BCUT2D eigenvalue weighted by Crippen LogP contribution is 2.12. The van der Waals surface area contributed by atoms with Crippen molar-refractivity contribution in [3.8, 4) is 5.75 Å². The summed E-state index contributed by atoms with van der Waals surface area (Å²) in [6.07, 6.45) is -1.08. The second-order valence-electron chi connectivity index (χ2n) is 2.96. The topological polar surface area (TPSA) is 35.2 Å². The van der Waals surface area contributed by atoms with E-state index in [1.54, 1.807) is 6.07 Å². The molecule has 13 heavy (non-hydrogen) atoms. The highest BCUT2D eigenvalue weighted by Gasteiger charge is 2.03. The highest BCUT2D eigenvalue weighted by atomic mass is 19.1. The maximum atomic E-state index is 12.7. The molecule has 1 aromatic rings. The van der Waals surface area contributed by atoms with Crippen molar-refractivity contribution in [1.82, 2.24) is 0 Å². The van der Waals surface area contributed by atoms with Crippen LogP contribution in [0.25, 0.3) is 0 Å². The fraction of sp³-hybridized carbons (Fsp3) is 0.400. The number of hydrogen-bond donors (Lipinski definition) is 1. The van der Waals surface area contributed by atoms with E-state index in [0.717, 1.165) is 5.56 Å². The van der Waals surface area contributed by atoms with Gasteiger partial charge in [-0.15, -0.1) is 0 Å². The smallest absolute Gasteiger partial charge is 0.146 e. The van der Waals surface area contributed by atoms with Gasteiger partial charge < -0.3 is 10.5 Å². The van der Waals surface area contributed by atoms with E-state index >= 15 is 0 Å². The van der Waals surface area contributed by atoms with Gasteiger partial charge in [-0.05, 0) is 24.6 Å². The van der Waals surface area contributed by atoms with Gasteiger partial charge in [0, 0.05) is 6.54 Å². The first-order valence-corrected chi connectivity index (χ1v) is 4.26. The van der Waals surface area contributed by atoms with E-state index in [0.29, 0.717) is 5.75 Å². The van der Waals surface area contributed by atoms with Gasteiger partial charge in [-0.2, -0.15) is 0 Å². The van der Waals surface area contributed by atoms with Gasteiger partial charge in [0.25, 0.3) is 0 Å². The third-order valence-corrected chi connectivity index (χ3v) is 1.68. The van der Waals surface area contributed by atoms with Gasteiger partial charge in [0.2, 0.25) is 0 Å². The summed E-state index contributed by atoms with van der Waals surface area (Å²) in [5, 5.41) is 0. The number of nitrogens with two attached hydrogens (primary N) is 1. The Kier molecular flexibility index (Phi) is 3.71. The number of benzene rings is 1. The second kappa shape index (κ2) is 4.82. The maximum absolute atomic E-state index is 12.7. The lowest BCUT2D eigenvalue weighted by Crippen LogP contribution is -2.22. The molecule has 0 bridgehead atoms. The SMILES string of the molecule is Cc1cccc(OC[C@H](F)CN)c1. The molecule has 0 aliphatic carbocycles. The second-order valence-corrected chi connectivity index (χ2v) is 2.96. The minimum Gasteiger partial charge on any atom is -0.491 e. The molecule has 2 nitrogen and oxygen atoms in total. The Hall–Kier alpha value is -1.09. The first-order valence-electron chi connectivity index (χ1n) is 4.26. The summed E-state index contributed by atoms with van der Waals surface area (Å²) in [5.74, 6) is 0.691. The molecule has 0 saturated carbocycles. The van der Waals surface area contributed by atoms with Gasteiger partial charge in [-0.3, -0.25) is 0 Å². The molecule has 2 N–H and O–H groups in total. The van der Waals surface area contributed by atoms with Crippen molar-refractivity contribution in [2.24, 2.45) is 5.73 Å². The lowest BCUT2D eigenvalue weighted by Gasteiger charge is -2.08.